The topological polar surface area (TPSA) is 77.7 Å². The van der Waals surface area contributed by atoms with Crippen LogP contribution in [-0.2, 0) is 0 Å². The summed E-state index contributed by atoms with van der Waals surface area (Å²) >= 11 is 0. The molecule has 3 aromatic rings. The summed E-state index contributed by atoms with van der Waals surface area (Å²) in [6, 6.07) is 11.2. The molecule has 4 rings (SSSR count). The molecule has 144 valence electrons. The van der Waals surface area contributed by atoms with E-state index in [2.05, 4.69) is 47.2 Å². The summed E-state index contributed by atoms with van der Waals surface area (Å²) in [6.45, 7) is 2.87. The fraction of sp³-hybridized carbons (Fsp3) is 0.174. The van der Waals surface area contributed by atoms with E-state index in [9.17, 15) is 10.1 Å². The van der Waals surface area contributed by atoms with Gasteiger partial charge in [-0.25, -0.2) is 4.68 Å². The lowest BCUT2D eigenvalue weighted by Crippen LogP contribution is -2.23. The smallest absolute Gasteiger partial charge is 0.248 e. The molecule has 0 radical (unpaired) electrons. The van der Waals surface area contributed by atoms with Crippen LogP contribution in [0.3, 0.4) is 0 Å². The number of benzene rings is 1. The minimum Gasteiger partial charge on any atom is -0.374 e. The SMILES string of the molecule is CCC1=CC=C(c2cc(=O)[nH]cc2-c2cnn(-c3ccccc3C#N)c2)CN1C. The van der Waals surface area contributed by atoms with Crippen LogP contribution in [0.2, 0.25) is 0 Å². The summed E-state index contributed by atoms with van der Waals surface area (Å²) in [5.41, 5.74) is 6.14. The van der Waals surface area contributed by atoms with Gasteiger partial charge >= 0.3 is 0 Å². The average molecular weight is 383 g/mol. The molecule has 0 atom stereocenters. The minimum absolute atomic E-state index is 0.139. The average Bonchev–Trinajstić information content (AvgIpc) is 3.23. The second-order valence-electron chi connectivity index (χ2n) is 6.99. The van der Waals surface area contributed by atoms with Crippen molar-refractivity contribution in [2.45, 2.75) is 13.3 Å². The van der Waals surface area contributed by atoms with E-state index in [1.165, 1.54) is 5.70 Å². The number of hydrogen-bond donors (Lipinski definition) is 1. The molecule has 0 fully saturated rings. The molecule has 0 bridgehead atoms. The predicted octanol–water partition coefficient (Wildman–Crippen LogP) is 3.72. The van der Waals surface area contributed by atoms with Crippen LogP contribution in [0, 0.1) is 11.3 Å². The van der Waals surface area contributed by atoms with Crippen LogP contribution in [-0.4, -0.2) is 33.3 Å². The number of rotatable bonds is 4. The van der Waals surface area contributed by atoms with Crippen LogP contribution in [0.5, 0.6) is 0 Å². The minimum atomic E-state index is -0.139. The Kier molecular flexibility index (Phi) is 4.88. The van der Waals surface area contributed by atoms with E-state index >= 15 is 0 Å². The summed E-state index contributed by atoms with van der Waals surface area (Å²) in [5, 5.41) is 13.8. The Morgan fingerprint density at radius 1 is 1.24 bits per heavy atom. The molecule has 0 amide bonds. The quantitative estimate of drug-likeness (QED) is 0.745. The maximum atomic E-state index is 12.1. The molecule has 0 saturated heterocycles. The number of nitrogens with one attached hydrogen (secondary N) is 1. The van der Waals surface area contributed by atoms with Crippen molar-refractivity contribution in [3.8, 4) is 22.9 Å². The highest BCUT2D eigenvalue weighted by Crippen LogP contribution is 2.31. The maximum Gasteiger partial charge on any atom is 0.248 e. The Balaban J connectivity index is 1.79. The number of H-pyrrole nitrogens is 1. The summed E-state index contributed by atoms with van der Waals surface area (Å²) in [5.74, 6) is 0. The van der Waals surface area contributed by atoms with Crippen molar-refractivity contribution in [3.63, 3.8) is 0 Å². The monoisotopic (exact) mass is 383 g/mol. The first-order valence-corrected chi connectivity index (χ1v) is 9.49. The summed E-state index contributed by atoms with van der Waals surface area (Å²) in [4.78, 5) is 17.0. The highest BCUT2D eigenvalue weighted by atomic mass is 16.1. The molecule has 0 spiro atoms. The summed E-state index contributed by atoms with van der Waals surface area (Å²) in [7, 11) is 2.06. The normalized spacial score (nSPS) is 13.6. The number of hydrogen-bond acceptors (Lipinski definition) is 4. The molecule has 1 aromatic carbocycles. The molecule has 1 N–H and O–H groups in total. The third kappa shape index (κ3) is 3.50. The van der Waals surface area contributed by atoms with Crippen molar-refractivity contribution in [1.82, 2.24) is 19.7 Å². The zero-order valence-corrected chi connectivity index (χ0v) is 16.4. The molecular formula is C23H21N5O. The van der Waals surface area contributed by atoms with E-state index < -0.39 is 0 Å². The van der Waals surface area contributed by atoms with Gasteiger partial charge in [-0.3, -0.25) is 4.79 Å². The highest BCUT2D eigenvalue weighted by Gasteiger charge is 2.17. The molecule has 3 heterocycles. The fourth-order valence-corrected chi connectivity index (χ4v) is 3.63. The Bertz CT molecular complexity index is 1220. The van der Waals surface area contributed by atoms with Gasteiger partial charge < -0.3 is 9.88 Å². The number of allylic oxidation sites excluding steroid dienone is 3. The van der Waals surface area contributed by atoms with Gasteiger partial charge in [0.25, 0.3) is 0 Å². The number of nitrogens with zero attached hydrogens (tertiary/aromatic N) is 4. The first-order chi connectivity index (χ1) is 14.1. The van der Waals surface area contributed by atoms with Crippen molar-refractivity contribution < 1.29 is 0 Å². The van der Waals surface area contributed by atoms with Gasteiger partial charge in [-0.2, -0.15) is 10.4 Å². The van der Waals surface area contributed by atoms with Gasteiger partial charge in [0.2, 0.25) is 5.56 Å². The number of likely N-dealkylation sites (N-methyl/N-ethyl adjacent to an activating group) is 1. The molecule has 0 unspecified atom stereocenters. The molecule has 29 heavy (non-hydrogen) atoms. The van der Waals surface area contributed by atoms with Gasteiger partial charge in [-0.05, 0) is 35.8 Å². The lowest BCUT2D eigenvalue weighted by Gasteiger charge is -2.27. The molecule has 0 saturated carbocycles. The Morgan fingerprint density at radius 2 is 2.07 bits per heavy atom. The van der Waals surface area contributed by atoms with Crippen molar-refractivity contribution in [2.24, 2.45) is 0 Å². The van der Waals surface area contributed by atoms with Crippen molar-refractivity contribution >= 4 is 5.57 Å². The second kappa shape index (κ2) is 7.64. The number of aromatic amines is 1. The highest BCUT2D eigenvalue weighted by molar-refractivity contribution is 5.82. The van der Waals surface area contributed by atoms with Crippen LogP contribution < -0.4 is 5.56 Å². The van der Waals surface area contributed by atoms with Gasteiger partial charge in [0, 0.05) is 48.9 Å². The third-order valence-electron chi connectivity index (χ3n) is 5.17. The van der Waals surface area contributed by atoms with Crippen molar-refractivity contribution in [3.05, 3.63) is 88.3 Å². The molecule has 0 aliphatic carbocycles. The van der Waals surface area contributed by atoms with E-state index in [1.807, 2.05) is 24.4 Å². The molecule has 2 aromatic heterocycles. The van der Waals surface area contributed by atoms with Gasteiger partial charge in [0.1, 0.15) is 6.07 Å². The van der Waals surface area contributed by atoms with E-state index in [-0.39, 0.29) is 5.56 Å². The van der Waals surface area contributed by atoms with Crippen LogP contribution in [0.1, 0.15) is 24.5 Å². The van der Waals surface area contributed by atoms with Crippen LogP contribution in [0.4, 0.5) is 0 Å². The van der Waals surface area contributed by atoms with Crippen molar-refractivity contribution in [2.75, 3.05) is 13.6 Å². The first kappa shape index (κ1) is 18.5. The fourth-order valence-electron chi connectivity index (χ4n) is 3.63. The van der Waals surface area contributed by atoms with Crippen LogP contribution in [0.25, 0.3) is 22.4 Å². The third-order valence-corrected chi connectivity index (χ3v) is 5.17. The Labute approximate surface area is 169 Å². The molecular weight excluding hydrogens is 362 g/mol. The van der Waals surface area contributed by atoms with Gasteiger partial charge in [-0.15, -0.1) is 0 Å². The standard InChI is InChI=1S/C23H21N5O/c1-3-19-9-8-17(14-27(19)2)20-10-23(29)25-13-21(20)18-12-26-28(15-18)22-7-5-4-6-16(22)11-24/h4-10,12-13,15H,3,14H2,1-2H3,(H,25,29). The molecule has 1 aliphatic rings. The zero-order valence-electron chi connectivity index (χ0n) is 16.4. The largest absolute Gasteiger partial charge is 0.374 e. The summed E-state index contributed by atoms with van der Waals surface area (Å²) < 4.78 is 1.69. The molecule has 1 aliphatic heterocycles. The Hall–Kier alpha value is -3.85. The first-order valence-electron chi connectivity index (χ1n) is 9.49. The van der Waals surface area contributed by atoms with E-state index in [0.717, 1.165) is 40.9 Å². The number of pyridine rings is 1. The Morgan fingerprint density at radius 3 is 2.83 bits per heavy atom. The second-order valence-corrected chi connectivity index (χ2v) is 6.99. The number of nitriles is 1. The number of para-hydroxylation sites is 1. The van der Waals surface area contributed by atoms with E-state index in [0.29, 0.717) is 5.56 Å². The predicted molar refractivity (Wildman–Crippen MR) is 113 cm³/mol. The lowest BCUT2D eigenvalue weighted by atomic mass is 9.95. The summed E-state index contributed by atoms with van der Waals surface area (Å²) in [6.07, 6.45) is 10.5. The zero-order chi connectivity index (χ0) is 20.4. The van der Waals surface area contributed by atoms with Gasteiger partial charge in [0.05, 0.1) is 17.4 Å². The van der Waals surface area contributed by atoms with E-state index in [4.69, 9.17) is 0 Å². The van der Waals surface area contributed by atoms with Crippen LogP contribution in [0.15, 0.2) is 71.6 Å². The van der Waals surface area contributed by atoms with E-state index in [1.54, 1.807) is 29.2 Å². The lowest BCUT2D eigenvalue weighted by molar-refractivity contribution is 0.451. The molecule has 6 heteroatoms. The molecule has 6 nitrogen and oxygen atoms in total. The van der Waals surface area contributed by atoms with Gasteiger partial charge in [-0.1, -0.05) is 25.1 Å². The maximum absolute atomic E-state index is 12.1. The number of aromatic nitrogens is 3. The van der Waals surface area contributed by atoms with Crippen molar-refractivity contribution in [1.29, 1.82) is 5.26 Å². The van der Waals surface area contributed by atoms with Gasteiger partial charge in [0.15, 0.2) is 0 Å². The van der Waals surface area contributed by atoms with Crippen LogP contribution >= 0.6 is 0 Å².